The van der Waals surface area contributed by atoms with E-state index in [9.17, 15) is 29.2 Å². The Bertz CT molecular complexity index is 1110. The molecule has 0 saturated heterocycles. The van der Waals surface area contributed by atoms with Gasteiger partial charge in [0.05, 0.1) is 11.0 Å². The molecular formula is C19H17FN4O5. The van der Waals surface area contributed by atoms with Gasteiger partial charge in [0, 0.05) is 37.1 Å². The van der Waals surface area contributed by atoms with Gasteiger partial charge in [-0.3, -0.25) is 19.7 Å². The van der Waals surface area contributed by atoms with Gasteiger partial charge in [-0.15, -0.1) is 0 Å². The number of fused-ring (bicyclic) bond motifs is 1. The summed E-state index contributed by atoms with van der Waals surface area (Å²) in [7, 11) is 1.90. The van der Waals surface area contributed by atoms with E-state index in [2.05, 4.69) is 10.6 Å². The average molecular weight is 400 g/mol. The molecule has 150 valence electrons. The fraction of sp³-hybridized carbons (Fsp3) is 0.158. The van der Waals surface area contributed by atoms with Gasteiger partial charge in [0.1, 0.15) is 0 Å². The second-order valence-corrected chi connectivity index (χ2v) is 6.35. The number of nitro groups is 1. The van der Waals surface area contributed by atoms with Gasteiger partial charge >= 0.3 is 17.5 Å². The zero-order chi connectivity index (χ0) is 21.1. The van der Waals surface area contributed by atoms with E-state index in [1.54, 1.807) is 12.1 Å². The van der Waals surface area contributed by atoms with Crippen LogP contribution in [0.15, 0.2) is 48.7 Å². The van der Waals surface area contributed by atoms with Crippen LogP contribution in [-0.4, -0.2) is 33.0 Å². The van der Waals surface area contributed by atoms with E-state index in [0.717, 1.165) is 29.1 Å². The number of aliphatic hydroxyl groups is 1. The summed E-state index contributed by atoms with van der Waals surface area (Å²) in [6.45, 7) is -0.214. The Labute approximate surface area is 163 Å². The van der Waals surface area contributed by atoms with E-state index >= 15 is 0 Å². The van der Waals surface area contributed by atoms with Crippen molar-refractivity contribution in [3.8, 4) is 0 Å². The maximum atomic E-state index is 13.3. The Morgan fingerprint density at radius 3 is 2.69 bits per heavy atom. The molecule has 2 aromatic carbocycles. The zero-order valence-corrected chi connectivity index (χ0v) is 15.3. The number of amides is 2. The predicted octanol–water partition coefficient (Wildman–Crippen LogP) is 2.01. The van der Waals surface area contributed by atoms with Gasteiger partial charge in [0.15, 0.2) is 0 Å². The van der Waals surface area contributed by atoms with Gasteiger partial charge < -0.3 is 20.3 Å². The van der Waals surface area contributed by atoms with Crippen LogP contribution in [0.25, 0.3) is 10.9 Å². The number of nitro benzene ring substituents is 1. The largest absolute Gasteiger partial charge is 0.387 e. The second-order valence-electron chi connectivity index (χ2n) is 6.35. The van der Waals surface area contributed by atoms with Gasteiger partial charge in [-0.1, -0.05) is 6.07 Å². The van der Waals surface area contributed by atoms with E-state index in [-0.39, 0.29) is 12.2 Å². The van der Waals surface area contributed by atoms with Crippen LogP contribution in [0, 0.1) is 15.9 Å². The van der Waals surface area contributed by atoms with E-state index in [1.165, 1.54) is 0 Å². The molecule has 0 fully saturated rings. The summed E-state index contributed by atoms with van der Waals surface area (Å²) in [5.41, 5.74) is 0.625. The number of nitrogens with one attached hydrogen (secondary N) is 2. The van der Waals surface area contributed by atoms with Crippen molar-refractivity contribution in [3.05, 3.63) is 70.2 Å². The number of nitrogens with zero attached hydrogens (tertiary/aromatic N) is 2. The molecule has 2 amide bonds. The molecule has 1 aromatic heterocycles. The van der Waals surface area contributed by atoms with Gasteiger partial charge in [0.2, 0.25) is 5.82 Å². The molecule has 1 heterocycles. The molecule has 0 aliphatic carbocycles. The van der Waals surface area contributed by atoms with Crippen molar-refractivity contribution in [2.75, 3.05) is 11.9 Å². The molecule has 9 nitrogen and oxygen atoms in total. The number of benzene rings is 2. The highest BCUT2D eigenvalue weighted by Gasteiger charge is 2.19. The van der Waals surface area contributed by atoms with E-state index < -0.39 is 34.3 Å². The molecule has 0 aliphatic heterocycles. The van der Waals surface area contributed by atoms with Gasteiger partial charge in [-0.05, 0) is 41.3 Å². The minimum absolute atomic E-state index is 0.103. The number of halogens is 1. The van der Waals surface area contributed by atoms with Crippen molar-refractivity contribution in [1.82, 2.24) is 9.88 Å². The van der Waals surface area contributed by atoms with Crippen molar-refractivity contribution in [3.63, 3.8) is 0 Å². The fourth-order valence-electron chi connectivity index (χ4n) is 2.81. The molecule has 0 spiro atoms. The van der Waals surface area contributed by atoms with Crippen molar-refractivity contribution < 1.29 is 24.0 Å². The van der Waals surface area contributed by atoms with Crippen LogP contribution in [0.4, 0.5) is 15.8 Å². The van der Waals surface area contributed by atoms with E-state index in [4.69, 9.17) is 0 Å². The van der Waals surface area contributed by atoms with Crippen molar-refractivity contribution >= 4 is 34.1 Å². The van der Waals surface area contributed by atoms with Crippen LogP contribution in [0.1, 0.15) is 11.7 Å². The van der Waals surface area contributed by atoms with Crippen molar-refractivity contribution in [2.24, 2.45) is 7.05 Å². The first-order chi connectivity index (χ1) is 13.8. The Kier molecular flexibility index (Phi) is 5.55. The molecule has 3 N–H and O–H groups in total. The Morgan fingerprint density at radius 1 is 1.21 bits per heavy atom. The number of aryl methyl sites for hydroxylation is 1. The molecule has 1 atom stereocenters. The van der Waals surface area contributed by atoms with Crippen LogP contribution >= 0.6 is 0 Å². The lowest BCUT2D eigenvalue weighted by Crippen LogP contribution is -2.37. The molecule has 3 aromatic rings. The molecule has 10 heteroatoms. The third kappa shape index (κ3) is 4.38. The number of anilines is 1. The van der Waals surface area contributed by atoms with Gasteiger partial charge in [0.25, 0.3) is 0 Å². The average Bonchev–Trinajstić information content (AvgIpc) is 3.07. The van der Waals surface area contributed by atoms with Crippen LogP contribution in [-0.2, 0) is 16.6 Å². The van der Waals surface area contributed by atoms with Crippen LogP contribution in [0.3, 0.4) is 0 Å². The first-order valence-electron chi connectivity index (χ1n) is 8.52. The number of hydrogen-bond acceptors (Lipinski definition) is 5. The molecule has 0 aliphatic rings. The second kappa shape index (κ2) is 8.07. The molecule has 3 rings (SSSR count). The highest BCUT2D eigenvalue weighted by atomic mass is 19.1. The molecule has 29 heavy (non-hydrogen) atoms. The number of hydrogen-bond donors (Lipinski definition) is 3. The SMILES string of the molecule is Cn1ccc2cc(C(O)CNC(=O)C(=O)Nc3ccc(F)c([N+](=O)[O-])c3)ccc21. The molecular weight excluding hydrogens is 383 g/mol. The summed E-state index contributed by atoms with van der Waals surface area (Å²) in [6, 6.07) is 9.95. The molecule has 0 radical (unpaired) electrons. The van der Waals surface area contributed by atoms with Crippen LogP contribution in [0.5, 0.6) is 0 Å². The summed E-state index contributed by atoms with van der Waals surface area (Å²) >= 11 is 0. The summed E-state index contributed by atoms with van der Waals surface area (Å²) < 4.78 is 15.3. The third-order valence-corrected chi connectivity index (χ3v) is 4.36. The number of carbonyl (C=O) groups is 2. The number of aliphatic hydroxyl groups excluding tert-OH is 1. The summed E-state index contributed by atoms with van der Waals surface area (Å²) in [5, 5.41) is 26.4. The van der Waals surface area contributed by atoms with Crippen LogP contribution in [0.2, 0.25) is 0 Å². The molecule has 0 saturated carbocycles. The normalized spacial score (nSPS) is 11.8. The van der Waals surface area contributed by atoms with Crippen molar-refractivity contribution in [2.45, 2.75) is 6.10 Å². The molecule has 0 bridgehead atoms. The quantitative estimate of drug-likeness (QED) is 0.343. The first kappa shape index (κ1) is 20.0. The van der Waals surface area contributed by atoms with Gasteiger partial charge in [-0.2, -0.15) is 4.39 Å². The Balaban J connectivity index is 1.60. The van der Waals surface area contributed by atoms with Gasteiger partial charge in [-0.25, -0.2) is 0 Å². The maximum Gasteiger partial charge on any atom is 0.313 e. The monoisotopic (exact) mass is 400 g/mol. The smallest absolute Gasteiger partial charge is 0.313 e. The Morgan fingerprint density at radius 2 is 1.97 bits per heavy atom. The lowest BCUT2D eigenvalue weighted by Gasteiger charge is -2.13. The standard InChI is InChI=1S/C19H17FN4O5/c1-23-7-6-11-8-12(2-5-15(11)23)17(25)10-21-18(26)19(27)22-13-3-4-14(20)16(9-13)24(28)29/h2-9,17,25H,10H2,1H3,(H,21,26)(H,22,27). The highest BCUT2D eigenvalue weighted by Crippen LogP contribution is 2.22. The number of rotatable bonds is 5. The summed E-state index contributed by atoms with van der Waals surface area (Å²) in [6.07, 6.45) is 0.843. The predicted molar refractivity (Wildman–Crippen MR) is 103 cm³/mol. The fourth-order valence-corrected chi connectivity index (χ4v) is 2.81. The lowest BCUT2D eigenvalue weighted by atomic mass is 10.1. The van der Waals surface area contributed by atoms with Crippen molar-refractivity contribution in [1.29, 1.82) is 0 Å². The zero-order valence-electron chi connectivity index (χ0n) is 15.3. The minimum atomic E-state index is -1.10. The van der Waals surface area contributed by atoms with E-state index in [1.807, 2.05) is 29.9 Å². The Hall–Kier alpha value is -3.79. The van der Waals surface area contributed by atoms with E-state index in [0.29, 0.717) is 5.56 Å². The third-order valence-electron chi connectivity index (χ3n) is 4.36. The maximum absolute atomic E-state index is 13.3. The lowest BCUT2D eigenvalue weighted by molar-refractivity contribution is -0.387. The summed E-state index contributed by atoms with van der Waals surface area (Å²) in [4.78, 5) is 33.7. The number of carbonyl (C=O) groups excluding carboxylic acids is 2. The molecule has 1 unspecified atom stereocenters. The summed E-state index contributed by atoms with van der Waals surface area (Å²) in [5.74, 6) is -3.20. The van der Waals surface area contributed by atoms with Crippen LogP contribution < -0.4 is 10.6 Å². The number of aromatic nitrogens is 1. The highest BCUT2D eigenvalue weighted by molar-refractivity contribution is 6.39. The first-order valence-corrected chi connectivity index (χ1v) is 8.52. The topological polar surface area (TPSA) is 126 Å². The minimum Gasteiger partial charge on any atom is -0.387 e.